The standard InChI is InChI=1S/C11H15NO2/c1-11(6-7-12-8-11)14-10-4-2-9(13)3-5-10/h2-5,12-13H,6-8H2,1H3. The smallest absolute Gasteiger partial charge is 0.120 e. The molecule has 2 rings (SSSR count). The van der Waals surface area contributed by atoms with Gasteiger partial charge < -0.3 is 15.2 Å². The van der Waals surface area contributed by atoms with Crippen LogP contribution in [0.2, 0.25) is 0 Å². The number of hydrogen-bond acceptors (Lipinski definition) is 3. The number of nitrogens with one attached hydrogen (secondary N) is 1. The number of rotatable bonds is 2. The lowest BCUT2D eigenvalue weighted by Gasteiger charge is -2.24. The zero-order valence-electron chi connectivity index (χ0n) is 8.29. The largest absolute Gasteiger partial charge is 0.508 e. The second kappa shape index (κ2) is 3.50. The number of benzene rings is 1. The van der Waals surface area contributed by atoms with Crippen molar-refractivity contribution in [2.75, 3.05) is 13.1 Å². The Morgan fingerprint density at radius 2 is 2.07 bits per heavy atom. The van der Waals surface area contributed by atoms with Crippen LogP contribution in [0.15, 0.2) is 24.3 Å². The Kier molecular flexibility index (Phi) is 2.33. The third-order valence-corrected chi connectivity index (χ3v) is 2.53. The van der Waals surface area contributed by atoms with Gasteiger partial charge in [0.25, 0.3) is 0 Å². The van der Waals surface area contributed by atoms with Crippen LogP contribution in [0.5, 0.6) is 11.5 Å². The van der Waals surface area contributed by atoms with Gasteiger partial charge >= 0.3 is 0 Å². The molecule has 14 heavy (non-hydrogen) atoms. The number of phenolic OH excluding ortho intramolecular Hbond substituents is 1. The van der Waals surface area contributed by atoms with Gasteiger partial charge in [-0.05, 0) is 37.7 Å². The Hall–Kier alpha value is -1.22. The zero-order chi connectivity index (χ0) is 10.0. The third-order valence-electron chi connectivity index (χ3n) is 2.53. The van der Waals surface area contributed by atoms with Crippen molar-refractivity contribution in [2.24, 2.45) is 0 Å². The number of ether oxygens (including phenoxy) is 1. The molecule has 1 aromatic rings. The molecule has 1 aliphatic rings. The fourth-order valence-corrected chi connectivity index (χ4v) is 1.68. The number of aromatic hydroxyl groups is 1. The minimum atomic E-state index is -0.100. The minimum absolute atomic E-state index is 0.100. The van der Waals surface area contributed by atoms with Gasteiger partial charge in [-0.1, -0.05) is 0 Å². The van der Waals surface area contributed by atoms with Gasteiger partial charge in [-0.3, -0.25) is 0 Å². The van der Waals surface area contributed by atoms with E-state index in [1.165, 1.54) is 0 Å². The first kappa shape index (κ1) is 9.34. The van der Waals surface area contributed by atoms with Crippen molar-refractivity contribution >= 4 is 0 Å². The highest BCUT2D eigenvalue weighted by molar-refractivity contribution is 5.30. The normalized spacial score (nSPS) is 26.4. The highest BCUT2D eigenvalue weighted by Crippen LogP contribution is 2.24. The predicted molar refractivity (Wildman–Crippen MR) is 54.6 cm³/mol. The van der Waals surface area contributed by atoms with Crippen LogP contribution in [0.4, 0.5) is 0 Å². The fraction of sp³-hybridized carbons (Fsp3) is 0.455. The van der Waals surface area contributed by atoms with Crippen LogP contribution in [0.3, 0.4) is 0 Å². The van der Waals surface area contributed by atoms with Crippen LogP contribution < -0.4 is 10.1 Å². The topological polar surface area (TPSA) is 41.5 Å². The molecule has 1 saturated heterocycles. The van der Waals surface area contributed by atoms with Crippen LogP contribution in [0.1, 0.15) is 13.3 Å². The predicted octanol–water partition coefficient (Wildman–Crippen LogP) is 1.52. The van der Waals surface area contributed by atoms with E-state index in [1.807, 2.05) is 0 Å². The van der Waals surface area contributed by atoms with Gasteiger partial charge in [0.1, 0.15) is 17.1 Å². The molecule has 3 nitrogen and oxygen atoms in total. The highest BCUT2D eigenvalue weighted by atomic mass is 16.5. The molecule has 1 unspecified atom stereocenters. The molecule has 0 aromatic heterocycles. The quantitative estimate of drug-likeness (QED) is 0.748. The third kappa shape index (κ3) is 1.99. The summed E-state index contributed by atoms with van der Waals surface area (Å²) in [6.07, 6.45) is 1.02. The van der Waals surface area contributed by atoms with Gasteiger partial charge in [-0.25, -0.2) is 0 Å². The monoisotopic (exact) mass is 193 g/mol. The molecule has 0 radical (unpaired) electrons. The van der Waals surface area contributed by atoms with Gasteiger partial charge in [0.05, 0.1) is 0 Å². The van der Waals surface area contributed by atoms with Gasteiger partial charge in [-0.15, -0.1) is 0 Å². The van der Waals surface area contributed by atoms with Crippen molar-refractivity contribution in [2.45, 2.75) is 18.9 Å². The summed E-state index contributed by atoms with van der Waals surface area (Å²) in [5, 5.41) is 12.4. The van der Waals surface area contributed by atoms with Crippen molar-refractivity contribution in [1.82, 2.24) is 5.32 Å². The lowest BCUT2D eigenvalue weighted by molar-refractivity contribution is 0.111. The zero-order valence-corrected chi connectivity index (χ0v) is 8.29. The Labute approximate surface area is 83.7 Å². The maximum absolute atomic E-state index is 9.11. The molecule has 0 saturated carbocycles. The second-order valence-electron chi connectivity index (χ2n) is 3.97. The first-order valence-electron chi connectivity index (χ1n) is 4.87. The summed E-state index contributed by atoms with van der Waals surface area (Å²) in [4.78, 5) is 0. The molecule has 0 amide bonds. The van der Waals surface area contributed by atoms with Gasteiger partial charge in [0, 0.05) is 13.0 Å². The van der Waals surface area contributed by atoms with Crippen LogP contribution in [-0.4, -0.2) is 23.8 Å². The maximum atomic E-state index is 9.11. The number of phenols is 1. The Balaban J connectivity index is 2.06. The molecule has 1 atom stereocenters. The summed E-state index contributed by atoms with van der Waals surface area (Å²) in [6.45, 7) is 3.99. The summed E-state index contributed by atoms with van der Waals surface area (Å²) in [5.41, 5.74) is -0.100. The lowest BCUT2D eigenvalue weighted by Crippen LogP contribution is -2.34. The van der Waals surface area contributed by atoms with E-state index in [0.717, 1.165) is 25.3 Å². The average Bonchev–Trinajstić information content (AvgIpc) is 2.57. The van der Waals surface area contributed by atoms with Gasteiger partial charge in [0.2, 0.25) is 0 Å². The second-order valence-corrected chi connectivity index (χ2v) is 3.97. The maximum Gasteiger partial charge on any atom is 0.120 e. The van der Waals surface area contributed by atoms with Crippen LogP contribution in [-0.2, 0) is 0 Å². The van der Waals surface area contributed by atoms with E-state index in [4.69, 9.17) is 9.84 Å². The van der Waals surface area contributed by atoms with Gasteiger partial charge in [-0.2, -0.15) is 0 Å². The van der Waals surface area contributed by atoms with Crippen LogP contribution in [0.25, 0.3) is 0 Å². The summed E-state index contributed by atoms with van der Waals surface area (Å²) in [6, 6.07) is 6.86. The van der Waals surface area contributed by atoms with E-state index in [2.05, 4.69) is 12.2 Å². The molecule has 0 bridgehead atoms. The molecule has 3 heteroatoms. The molecular weight excluding hydrogens is 178 g/mol. The van der Waals surface area contributed by atoms with E-state index in [0.29, 0.717) is 0 Å². The van der Waals surface area contributed by atoms with Crippen LogP contribution in [0, 0.1) is 0 Å². The summed E-state index contributed by atoms with van der Waals surface area (Å²) < 4.78 is 5.84. The van der Waals surface area contributed by atoms with E-state index in [1.54, 1.807) is 24.3 Å². The van der Waals surface area contributed by atoms with Crippen molar-refractivity contribution < 1.29 is 9.84 Å². The molecule has 0 spiro atoms. The molecule has 1 aromatic carbocycles. The van der Waals surface area contributed by atoms with Crippen LogP contribution >= 0.6 is 0 Å². The highest BCUT2D eigenvalue weighted by Gasteiger charge is 2.30. The van der Waals surface area contributed by atoms with Crippen molar-refractivity contribution in [1.29, 1.82) is 0 Å². The Morgan fingerprint density at radius 3 is 2.64 bits per heavy atom. The Morgan fingerprint density at radius 1 is 1.36 bits per heavy atom. The van der Waals surface area contributed by atoms with E-state index in [-0.39, 0.29) is 11.4 Å². The molecular formula is C11H15NO2. The molecule has 76 valence electrons. The van der Waals surface area contributed by atoms with E-state index >= 15 is 0 Å². The Bertz CT molecular complexity index is 302. The summed E-state index contributed by atoms with van der Waals surface area (Å²) in [7, 11) is 0. The fourth-order valence-electron chi connectivity index (χ4n) is 1.68. The molecule has 2 N–H and O–H groups in total. The van der Waals surface area contributed by atoms with Gasteiger partial charge in [0.15, 0.2) is 0 Å². The number of hydrogen-bond donors (Lipinski definition) is 2. The molecule has 1 aliphatic heterocycles. The lowest BCUT2D eigenvalue weighted by atomic mass is 10.1. The summed E-state index contributed by atoms with van der Waals surface area (Å²) in [5.74, 6) is 1.08. The van der Waals surface area contributed by atoms with Crippen molar-refractivity contribution in [3.05, 3.63) is 24.3 Å². The first-order valence-corrected chi connectivity index (χ1v) is 4.87. The average molecular weight is 193 g/mol. The molecule has 0 aliphatic carbocycles. The SMILES string of the molecule is CC1(Oc2ccc(O)cc2)CCNC1. The minimum Gasteiger partial charge on any atom is -0.508 e. The first-order chi connectivity index (χ1) is 6.68. The van der Waals surface area contributed by atoms with Crippen molar-refractivity contribution in [3.63, 3.8) is 0 Å². The van der Waals surface area contributed by atoms with Crippen molar-refractivity contribution in [3.8, 4) is 11.5 Å². The summed E-state index contributed by atoms with van der Waals surface area (Å²) >= 11 is 0. The molecule has 1 heterocycles. The van der Waals surface area contributed by atoms with E-state index in [9.17, 15) is 0 Å². The molecule has 1 fully saturated rings. The van der Waals surface area contributed by atoms with E-state index < -0.39 is 0 Å².